The fourth-order valence-electron chi connectivity index (χ4n) is 4.74. The second kappa shape index (κ2) is 12.2. The second-order valence-electron chi connectivity index (χ2n) is 9.65. The number of rotatable bonds is 6. The highest BCUT2D eigenvalue weighted by atomic mass is 32.2. The van der Waals surface area contributed by atoms with Crippen molar-refractivity contribution in [3.05, 3.63) is 63.4 Å². The minimum absolute atomic E-state index is 0.0411. The fourth-order valence-corrected chi connectivity index (χ4v) is 7.02. The van der Waals surface area contributed by atoms with Gasteiger partial charge in [-0.1, -0.05) is 42.2 Å². The van der Waals surface area contributed by atoms with Crippen LogP contribution in [0.15, 0.2) is 57.3 Å². The molecule has 0 radical (unpaired) electrons. The van der Waals surface area contributed by atoms with E-state index >= 15 is 0 Å². The second-order valence-corrected chi connectivity index (χ2v) is 12.3. The number of benzene rings is 2. The zero-order chi connectivity index (χ0) is 29.2. The number of thioether (sulfide) groups is 2. The van der Waals surface area contributed by atoms with Crippen molar-refractivity contribution in [2.75, 3.05) is 46.6 Å². The van der Waals surface area contributed by atoms with Gasteiger partial charge in [-0.25, -0.2) is 0 Å². The average Bonchev–Trinajstić information content (AvgIpc) is 3.69. The van der Waals surface area contributed by atoms with E-state index in [0.717, 1.165) is 16.9 Å². The van der Waals surface area contributed by atoms with Gasteiger partial charge in [0.2, 0.25) is 12.7 Å². The first-order chi connectivity index (χ1) is 20.4. The maximum absolute atomic E-state index is 13.0. The van der Waals surface area contributed by atoms with Crippen LogP contribution in [0.5, 0.6) is 17.2 Å². The Morgan fingerprint density at radius 1 is 0.976 bits per heavy atom. The summed E-state index contributed by atoms with van der Waals surface area (Å²) in [7, 11) is 1.61. The number of carbonyl (C=O) groups is 3. The lowest BCUT2D eigenvalue weighted by Gasteiger charge is -2.35. The standard InChI is InChI=1S/C29H26N4O6S3/c1-37-20-5-2-18(3-6-20)15-23-26(35)30-28(41-23)32-12-10-31(11-13-32)25(34)8-9-33-27(36)24(42-29(33)40)16-19-4-7-21-22(14-19)39-17-38-21/h2-7,14-16H,8-13,17H2,1H3/b23-15+,24-16+. The molecule has 2 aromatic rings. The van der Waals surface area contributed by atoms with Gasteiger partial charge in [-0.05, 0) is 59.3 Å². The predicted molar refractivity (Wildman–Crippen MR) is 166 cm³/mol. The van der Waals surface area contributed by atoms with E-state index in [-0.39, 0.29) is 37.5 Å². The number of hydrogen-bond acceptors (Lipinski definition) is 10. The molecule has 4 aliphatic heterocycles. The summed E-state index contributed by atoms with van der Waals surface area (Å²) in [4.78, 5) is 49.2. The Hall–Kier alpha value is -3.81. The van der Waals surface area contributed by atoms with Gasteiger partial charge in [-0.3, -0.25) is 19.3 Å². The average molecular weight is 623 g/mol. The first kappa shape index (κ1) is 28.3. The molecule has 2 fully saturated rings. The Bertz CT molecular complexity index is 1550. The zero-order valence-electron chi connectivity index (χ0n) is 22.6. The van der Waals surface area contributed by atoms with Crippen LogP contribution in [0.3, 0.4) is 0 Å². The number of methoxy groups -OCH3 is 1. The van der Waals surface area contributed by atoms with E-state index < -0.39 is 0 Å². The zero-order valence-corrected chi connectivity index (χ0v) is 25.1. The minimum Gasteiger partial charge on any atom is -0.497 e. The molecule has 3 amide bonds. The van der Waals surface area contributed by atoms with Gasteiger partial charge in [-0.2, -0.15) is 4.99 Å². The third-order valence-corrected chi connectivity index (χ3v) is 9.47. The Kier molecular flexibility index (Phi) is 8.22. The van der Waals surface area contributed by atoms with E-state index in [1.54, 1.807) is 24.2 Å². The molecule has 0 saturated carbocycles. The highest BCUT2D eigenvalue weighted by molar-refractivity contribution is 8.26. The molecule has 0 N–H and O–H groups in total. The monoisotopic (exact) mass is 622 g/mol. The lowest BCUT2D eigenvalue weighted by Crippen LogP contribution is -2.50. The van der Waals surface area contributed by atoms with E-state index in [4.69, 9.17) is 26.4 Å². The summed E-state index contributed by atoms with van der Waals surface area (Å²) in [6.45, 7) is 2.55. The van der Waals surface area contributed by atoms with Gasteiger partial charge in [0.05, 0.1) is 16.9 Å². The van der Waals surface area contributed by atoms with Gasteiger partial charge in [0.25, 0.3) is 11.8 Å². The first-order valence-corrected chi connectivity index (χ1v) is 15.3. The third-order valence-electron chi connectivity index (χ3n) is 7.04. The van der Waals surface area contributed by atoms with Gasteiger partial charge in [-0.15, -0.1) is 0 Å². The van der Waals surface area contributed by atoms with Crippen LogP contribution < -0.4 is 14.2 Å². The molecule has 2 saturated heterocycles. The van der Waals surface area contributed by atoms with Crippen LogP contribution in [0, 0.1) is 0 Å². The molecule has 0 unspecified atom stereocenters. The summed E-state index contributed by atoms with van der Waals surface area (Å²) in [5.41, 5.74) is 1.70. The molecule has 0 atom stereocenters. The largest absolute Gasteiger partial charge is 0.497 e. The van der Waals surface area contributed by atoms with Crippen LogP contribution >= 0.6 is 35.7 Å². The van der Waals surface area contributed by atoms with Crippen LogP contribution in [0.4, 0.5) is 0 Å². The van der Waals surface area contributed by atoms with Gasteiger partial charge < -0.3 is 24.0 Å². The molecular weight excluding hydrogens is 597 g/mol. The number of ether oxygens (including phenoxy) is 3. The Morgan fingerprint density at radius 3 is 2.45 bits per heavy atom. The van der Waals surface area contributed by atoms with Crippen molar-refractivity contribution >= 4 is 75.1 Å². The maximum Gasteiger partial charge on any atom is 0.286 e. The Labute approximate surface area is 256 Å². The molecule has 0 bridgehead atoms. The van der Waals surface area contributed by atoms with Crippen LogP contribution in [0.1, 0.15) is 17.5 Å². The van der Waals surface area contributed by atoms with Crippen LogP contribution in [-0.4, -0.2) is 88.5 Å². The molecular formula is C29H26N4O6S3. The van der Waals surface area contributed by atoms with Crippen molar-refractivity contribution in [1.29, 1.82) is 0 Å². The maximum atomic E-state index is 13.0. The van der Waals surface area contributed by atoms with Gasteiger partial charge >= 0.3 is 0 Å². The van der Waals surface area contributed by atoms with Gasteiger partial charge in [0.1, 0.15) is 10.1 Å². The van der Waals surface area contributed by atoms with E-state index in [2.05, 4.69) is 4.99 Å². The van der Waals surface area contributed by atoms with Crippen molar-refractivity contribution in [2.45, 2.75) is 6.42 Å². The quantitative estimate of drug-likeness (QED) is 0.349. The predicted octanol–water partition coefficient (Wildman–Crippen LogP) is 3.83. The Balaban J connectivity index is 0.989. The number of carbonyl (C=O) groups excluding carboxylic acids is 3. The van der Waals surface area contributed by atoms with Crippen molar-refractivity contribution in [3.8, 4) is 17.2 Å². The van der Waals surface area contributed by atoms with E-state index in [9.17, 15) is 14.4 Å². The van der Waals surface area contributed by atoms with Gasteiger partial charge in [0.15, 0.2) is 16.7 Å². The SMILES string of the molecule is COc1ccc(/C=C2/SC(N3CCN(C(=O)CCN4C(=O)/C(=C\c5ccc6c(c5)OCO6)SC4=S)CC3)=NC2=O)cc1. The number of nitrogens with zero attached hydrogens (tertiary/aromatic N) is 4. The van der Waals surface area contributed by atoms with Crippen molar-refractivity contribution in [2.24, 2.45) is 4.99 Å². The smallest absolute Gasteiger partial charge is 0.286 e. The minimum atomic E-state index is -0.264. The normalized spacial score (nSPS) is 20.3. The van der Waals surface area contributed by atoms with Crippen molar-refractivity contribution < 1.29 is 28.6 Å². The Morgan fingerprint density at radius 2 is 1.69 bits per heavy atom. The molecule has 42 heavy (non-hydrogen) atoms. The summed E-state index contributed by atoms with van der Waals surface area (Å²) in [5.74, 6) is 1.55. The van der Waals surface area contributed by atoms with Crippen molar-refractivity contribution in [1.82, 2.24) is 14.7 Å². The third kappa shape index (κ3) is 6.03. The molecule has 0 spiro atoms. The topological polar surface area (TPSA) is 101 Å². The summed E-state index contributed by atoms with van der Waals surface area (Å²) in [6.07, 6.45) is 3.77. The fraction of sp³-hybridized carbons (Fsp3) is 0.276. The number of thiocarbonyl (C=S) groups is 1. The number of aliphatic imine (C=N–C) groups is 1. The molecule has 4 aliphatic rings. The molecule has 2 aromatic carbocycles. The van der Waals surface area contributed by atoms with E-state index in [1.165, 1.54) is 28.4 Å². The van der Waals surface area contributed by atoms with Crippen LogP contribution in [0.2, 0.25) is 0 Å². The van der Waals surface area contributed by atoms with Crippen LogP contribution in [-0.2, 0) is 14.4 Å². The lowest BCUT2D eigenvalue weighted by molar-refractivity contribution is -0.133. The summed E-state index contributed by atoms with van der Waals surface area (Å²) < 4.78 is 16.4. The first-order valence-electron chi connectivity index (χ1n) is 13.2. The van der Waals surface area contributed by atoms with Crippen molar-refractivity contribution in [3.63, 3.8) is 0 Å². The molecule has 10 nitrogen and oxygen atoms in total. The lowest BCUT2D eigenvalue weighted by atomic mass is 10.2. The summed E-state index contributed by atoms with van der Waals surface area (Å²) >= 11 is 8.02. The van der Waals surface area contributed by atoms with E-state index in [1.807, 2.05) is 47.4 Å². The highest BCUT2D eigenvalue weighted by Crippen LogP contribution is 2.36. The molecule has 0 aromatic heterocycles. The molecule has 13 heteroatoms. The molecule has 4 heterocycles. The molecule has 6 rings (SSSR count). The summed E-state index contributed by atoms with van der Waals surface area (Å²) in [5, 5.41) is 0.652. The molecule has 216 valence electrons. The number of amidine groups is 1. The van der Waals surface area contributed by atoms with Gasteiger partial charge in [0, 0.05) is 39.1 Å². The number of piperazine rings is 1. The van der Waals surface area contributed by atoms with E-state index in [0.29, 0.717) is 57.0 Å². The summed E-state index contributed by atoms with van der Waals surface area (Å²) in [6, 6.07) is 12.9. The molecule has 0 aliphatic carbocycles. The number of amides is 3. The number of hydrogen-bond donors (Lipinski definition) is 0. The highest BCUT2D eigenvalue weighted by Gasteiger charge is 2.34. The van der Waals surface area contributed by atoms with Crippen LogP contribution in [0.25, 0.3) is 12.2 Å². The number of fused-ring (bicyclic) bond motifs is 1.